The summed E-state index contributed by atoms with van der Waals surface area (Å²) < 4.78 is 0. The Bertz CT molecular complexity index is 780. The first-order valence-corrected chi connectivity index (χ1v) is 7.12. The monoisotopic (exact) mass is 277 g/mol. The molecule has 3 nitrogen and oxygen atoms in total. The first kappa shape index (κ1) is 13.6. The number of hydrogen-bond donors (Lipinski definition) is 0. The van der Waals surface area contributed by atoms with Crippen LogP contribution in [-0.2, 0) is 6.54 Å². The normalized spacial score (nSPS) is 10.8. The van der Waals surface area contributed by atoms with Crippen molar-refractivity contribution in [3.8, 4) is 0 Å². The predicted octanol–water partition coefficient (Wildman–Crippen LogP) is 3.88. The third-order valence-electron chi connectivity index (χ3n) is 3.79. The van der Waals surface area contributed by atoms with Gasteiger partial charge in [0.1, 0.15) is 0 Å². The SMILES string of the molecule is Cc1cnc(N(C)Cc2ccc3ccccc3c2)nc1C. The zero-order valence-corrected chi connectivity index (χ0v) is 12.7. The highest BCUT2D eigenvalue weighted by atomic mass is 15.2. The number of rotatable bonds is 3. The molecule has 0 fully saturated rings. The summed E-state index contributed by atoms with van der Waals surface area (Å²) in [6.07, 6.45) is 1.88. The molecule has 1 heterocycles. The van der Waals surface area contributed by atoms with Gasteiger partial charge in [0.05, 0.1) is 0 Å². The lowest BCUT2D eigenvalue weighted by atomic mass is 10.1. The fourth-order valence-electron chi connectivity index (χ4n) is 2.38. The third kappa shape index (κ3) is 2.87. The smallest absolute Gasteiger partial charge is 0.225 e. The zero-order chi connectivity index (χ0) is 14.8. The van der Waals surface area contributed by atoms with Crippen LogP contribution in [0.15, 0.2) is 48.7 Å². The van der Waals surface area contributed by atoms with E-state index in [0.717, 1.165) is 23.8 Å². The van der Waals surface area contributed by atoms with Gasteiger partial charge in [0.2, 0.25) is 5.95 Å². The molecule has 3 heteroatoms. The van der Waals surface area contributed by atoms with Gasteiger partial charge in [0, 0.05) is 25.5 Å². The average molecular weight is 277 g/mol. The highest BCUT2D eigenvalue weighted by Gasteiger charge is 2.07. The van der Waals surface area contributed by atoms with Gasteiger partial charge in [-0.15, -0.1) is 0 Å². The Morgan fingerprint density at radius 2 is 1.76 bits per heavy atom. The van der Waals surface area contributed by atoms with E-state index < -0.39 is 0 Å². The summed E-state index contributed by atoms with van der Waals surface area (Å²) in [6, 6.07) is 15.0. The van der Waals surface area contributed by atoms with Crippen LogP contribution in [0.1, 0.15) is 16.8 Å². The number of aryl methyl sites for hydroxylation is 2. The Hall–Kier alpha value is -2.42. The molecule has 0 aliphatic carbocycles. The minimum absolute atomic E-state index is 0.770. The van der Waals surface area contributed by atoms with Crippen LogP contribution >= 0.6 is 0 Å². The molecule has 1 aromatic heterocycles. The van der Waals surface area contributed by atoms with Gasteiger partial charge in [0.25, 0.3) is 0 Å². The van der Waals surface area contributed by atoms with Crippen molar-refractivity contribution in [2.45, 2.75) is 20.4 Å². The van der Waals surface area contributed by atoms with Gasteiger partial charge in [0.15, 0.2) is 0 Å². The summed E-state index contributed by atoms with van der Waals surface area (Å²) in [5, 5.41) is 2.54. The van der Waals surface area contributed by atoms with Crippen LogP contribution in [-0.4, -0.2) is 17.0 Å². The Morgan fingerprint density at radius 1 is 1.00 bits per heavy atom. The molecule has 0 N–H and O–H groups in total. The van der Waals surface area contributed by atoms with Gasteiger partial charge < -0.3 is 4.90 Å². The number of benzene rings is 2. The lowest BCUT2D eigenvalue weighted by Crippen LogP contribution is -2.19. The maximum atomic E-state index is 4.55. The Labute approximate surface area is 125 Å². The van der Waals surface area contributed by atoms with Crippen LogP contribution in [0.3, 0.4) is 0 Å². The van der Waals surface area contributed by atoms with E-state index in [2.05, 4.69) is 57.3 Å². The maximum Gasteiger partial charge on any atom is 0.225 e. The number of hydrogen-bond acceptors (Lipinski definition) is 3. The molecular weight excluding hydrogens is 258 g/mol. The molecule has 0 aliphatic rings. The van der Waals surface area contributed by atoms with E-state index in [1.54, 1.807) is 0 Å². The molecule has 3 rings (SSSR count). The first-order valence-electron chi connectivity index (χ1n) is 7.12. The van der Waals surface area contributed by atoms with Crippen molar-refractivity contribution >= 4 is 16.7 Å². The molecule has 0 spiro atoms. The number of aromatic nitrogens is 2. The van der Waals surface area contributed by atoms with Gasteiger partial charge in [-0.2, -0.15) is 0 Å². The summed E-state index contributed by atoms with van der Waals surface area (Å²) in [6.45, 7) is 4.85. The van der Waals surface area contributed by atoms with E-state index in [-0.39, 0.29) is 0 Å². The lowest BCUT2D eigenvalue weighted by Gasteiger charge is -2.18. The lowest BCUT2D eigenvalue weighted by molar-refractivity contribution is 0.856. The fraction of sp³-hybridized carbons (Fsp3) is 0.222. The number of nitrogens with zero attached hydrogens (tertiary/aromatic N) is 3. The Balaban J connectivity index is 1.85. The molecule has 3 aromatic rings. The molecule has 0 amide bonds. The average Bonchev–Trinajstić information content (AvgIpc) is 2.50. The quantitative estimate of drug-likeness (QED) is 0.727. The van der Waals surface area contributed by atoms with E-state index in [9.17, 15) is 0 Å². The van der Waals surface area contributed by atoms with Crippen LogP contribution in [0, 0.1) is 13.8 Å². The van der Waals surface area contributed by atoms with E-state index in [1.165, 1.54) is 16.3 Å². The summed E-state index contributed by atoms with van der Waals surface area (Å²) in [5.41, 5.74) is 3.42. The van der Waals surface area contributed by atoms with Crippen LogP contribution < -0.4 is 4.90 Å². The van der Waals surface area contributed by atoms with E-state index in [1.807, 2.05) is 27.1 Å². The number of fused-ring (bicyclic) bond motifs is 1. The van der Waals surface area contributed by atoms with Gasteiger partial charge in [-0.1, -0.05) is 36.4 Å². The van der Waals surface area contributed by atoms with E-state index in [4.69, 9.17) is 0 Å². The molecular formula is C18H19N3. The summed E-state index contributed by atoms with van der Waals surface area (Å²) in [4.78, 5) is 11.0. The van der Waals surface area contributed by atoms with Crippen LogP contribution in [0.2, 0.25) is 0 Å². The van der Waals surface area contributed by atoms with Crippen molar-refractivity contribution in [2.75, 3.05) is 11.9 Å². The fourth-order valence-corrected chi connectivity index (χ4v) is 2.38. The van der Waals surface area contributed by atoms with E-state index in [0.29, 0.717) is 0 Å². The highest BCUT2D eigenvalue weighted by molar-refractivity contribution is 5.83. The second-order valence-corrected chi connectivity index (χ2v) is 5.48. The second-order valence-electron chi connectivity index (χ2n) is 5.48. The van der Waals surface area contributed by atoms with Gasteiger partial charge in [-0.3, -0.25) is 0 Å². The molecule has 0 saturated heterocycles. The van der Waals surface area contributed by atoms with Crippen molar-refractivity contribution in [3.63, 3.8) is 0 Å². The van der Waals surface area contributed by atoms with Crippen LogP contribution in [0.5, 0.6) is 0 Å². The van der Waals surface area contributed by atoms with Crippen molar-refractivity contribution in [1.29, 1.82) is 0 Å². The van der Waals surface area contributed by atoms with Crippen LogP contribution in [0.4, 0.5) is 5.95 Å². The maximum absolute atomic E-state index is 4.55. The highest BCUT2D eigenvalue weighted by Crippen LogP contribution is 2.18. The van der Waals surface area contributed by atoms with Gasteiger partial charge in [-0.25, -0.2) is 9.97 Å². The topological polar surface area (TPSA) is 29.0 Å². The predicted molar refractivity (Wildman–Crippen MR) is 87.6 cm³/mol. The van der Waals surface area contributed by atoms with Crippen molar-refractivity contribution in [1.82, 2.24) is 9.97 Å². The Kier molecular flexibility index (Phi) is 3.57. The molecule has 0 aliphatic heterocycles. The van der Waals surface area contributed by atoms with Crippen molar-refractivity contribution < 1.29 is 0 Å². The van der Waals surface area contributed by atoms with Crippen LogP contribution in [0.25, 0.3) is 10.8 Å². The molecule has 0 unspecified atom stereocenters. The molecule has 2 aromatic carbocycles. The standard InChI is InChI=1S/C18H19N3/c1-13-11-19-18(20-14(13)2)21(3)12-15-8-9-16-6-4-5-7-17(16)10-15/h4-11H,12H2,1-3H3. The van der Waals surface area contributed by atoms with Gasteiger partial charge >= 0.3 is 0 Å². The minimum atomic E-state index is 0.770. The largest absolute Gasteiger partial charge is 0.340 e. The van der Waals surface area contributed by atoms with E-state index >= 15 is 0 Å². The van der Waals surface area contributed by atoms with Crippen molar-refractivity contribution in [2.24, 2.45) is 0 Å². The zero-order valence-electron chi connectivity index (χ0n) is 12.7. The first-order chi connectivity index (χ1) is 10.1. The van der Waals surface area contributed by atoms with Gasteiger partial charge in [-0.05, 0) is 41.8 Å². The molecule has 0 saturated carbocycles. The molecule has 106 valence electrons. The molecule has 0 bridgehead atoms. The summed E-state index contributed by atoms with van der Waals surface area (Å²) in [5.74, 6) is 0.770. The third-order valence-corrected chi connectivity index (χ3v) is 3.79. The Morgan fingerprint density at radius 3 is 2.52 bits per heavy atom. The molecule has 0 atom stereocenters. The van der Waals surface area contributed by atoms with Crippen molar-refractivity contribution in [3.05, 3.63) is 65.5 Å². The second kappa shape index (κ2) is 5.52. The molecule has 0 radical (unpaired) electrons. The minimum Gasteiger partial charge on any atom is -0.340 e. The molecule has 21 heavy (non-hydrogen) atoms. The number of anilines is 1. The summed E-state index contributed by atoms with van der Waals surface area (Å²) in [7, 11) is 2.03. The summed E-state index contributed by atoms with van der Waals surface area (Å²) >= 11 is 0.